The molecule has 0 atom stereocenters. The molecule has 0 unspecified atom stereocenters. The highest BCUT2D eigenvalue weighted by Crippen LogP contribution is 2.39. The molecule has 1 heterocycles. The van der Waals surface area contributed by atoms with Crippen LogP contribution in [0.25, 0.3) is 11.1 Å². The van der Waals surface area contributed by atoms with Crippen LogP contribution in [0.1, 0.15) is 10.4 Å². The zero-order valence-corrected chi connectivity index (χ0v) is 18.9. The summed E-state index contributed by atoms with van der Waals surface area (Å²) in [5, 5.41) is 5.14. The van der Waals surface area contributed by atoms with Crippen LogP contribution < -0.4 is 10.1 Å². The maximum absolute atomic E-state index is 12.4. The van der Waals surface area contributed by atoms with Gasteiger partial charge in [0.05, 0.1) is 12.0 Å². The normalized spacial score (nSPS) is 11.1. The van der Waals surface area contributed by atoms with Crippen LogP contribution in [0.3, 0.4) is 0 Å². The van der Waals surface area contributed by atoms with Crippen LogP contribution in [0, 0.1) is 0 Å². The molecular weight excluding hydrogens is 462 g/mol. The van der Waals surface area contributed by atoms with Gasteiger partial charge in [0.2, 0.25) is 0 Å². The minimum Gasteiger partial charge on any atom is -0.484 e. The Balaban J connectivity index is 1.75. The van der Waals surface area contributed by atoms with Crippen LogP contribution in [-0.4, -0.2) is 40.3 Å². The van der Waals surface area contributed by atoms with E-state index in [0.29, 0.717) is 26.9 Å². The fraction of sp³-hybridized carbons (Fsp3) is 0.143. The van der Waals surface area contributed by atoms with Crippen molar-refractivity contribution in [1.29, 1.82) is 0 Å². The van der Waals surface area contributed by atoms with Crippen molar-refractivity contribution >= 4 is 49.7 Å². The van der Waals surface area contributed by atoms with Crippen LogP contribution in [0.4, 0.5) is 5.00 Å². The molecule has 2 aromatic carbocycles. The number of carbonyl (C=O) groups excluding carboxylic acids is 2. The standard InChI is InChI=1S/C21H18ClNO6S2/c1-28-21(25)19-16(15-5-3-4-6-17(15)22)12-30-20(19)23-18(24)11-29-13-7-9-14(10-8-13)31(2,26)27/h3-10,12H,11H2,1-2H3,(H,23,24). The predicted octanol–water partition coefficient (Wildman–Crippen LogP) is 4.28. The van der Waals surface area contributed by atoms with E-state index in [2.05, 4.69) is 5.32 Å². The van der Waals surface area contributed by atoms with E-state index in [1.807, 2.05) is 0 Å². The van der Waals surface area contributed by atoms with E-state index >= 15 is 0 Å². The van der Waals surface area contributed by atoms with Gasteiger partial charge in [0.15, 0.2) is 16.4 Å². The van der Waals surface area contributed by atoms with Crippen molar-refractivity contribution in [3.63, 3.8) is 0 Å². The third kappa shape index (κ3) is 5.43. The lowest BCUT2D eigenvalue weighted by molar-refractivity contribution is -0.118. The van der Waals surface area contributed by atoms with Crippen molar-refractivity contribution in [2.75, 3.05) is 25.3 Å². The number of halogens is 1. The Hall–Kier alpha value is -2.88. The van der Waals surface area contributed by atoms with Gasteiger partial charge >= 0.3 is 5.97 Å². The van der Waals surface area contributed by atoms with Crippen LogP contribution in [0.15, 0.2) is 58.8 Å². The number of esters is 1. The second-order valence-electron chi connectivity index (χ2n) is 6.41. The Bertz CT molecular complexity index is 1220. The molecule has 31 heavy (non-hydrogen) atoms. The first-order valence-electron chi connectivity index (χ1n) is 8.88. The van der Waals surface area contributed by atoms with Gasteiger partial charge in [-0.3, -0.25) is 4.79 Å². The monoisotopic (exact) mass is 479 g/mol. The Morgan fingerprint density at radius 1 is 1.06 bits per heavy atom. The zero-order chi connectivity index (χ0) is 22.6. The molecule has 3 rings (SSSR count). The molecular formula is C21H18ClNO6S2. The van der Waals surface area contributed by atoms with Crippen molar-refractivity contribution in [1.82, 2.24) is 0 Å². The van der Waals surface area contributed by atoms with Crippen molar-refractivity contribution in [3.8, 4) is 16.9 Å². The number of hydrogen-bond acceptors (Lipinski definition) is 7. The van der Waals surface area contributed by atoms with Gasteiger partial charge in [0.25, 0.3) is 5.91 Å². The average molecular weight is 480 g/mol. The lowest BCUT2D eigenvalue weighted by atomic mass is 10.0. The smallest absolute Gasteiger partial charge is 0.341 e. The molecule has 0 aliphatic carbocycles. The lowest BCUT2D eigenvalue weighted by Crippen LogP contribution is -2.21. The minimum atomic E-state index is -3.32. The van der Waals surface area contributed by atoms with E-state index < -0.39 is 21.7 Å². The van der Waals surface area contributed by atoms with Gasteiger partial charge in [0, 0.05) is 27.8 Å². The van der Waals surface area contributed by atoms with Gasteiger partial charge in [-0.2, -0.15) is 0 Å². The third-order valence-electron chi connectivity index (χ3n) is 4.22. The van der Waals surface area contributed by atoms with E-state index in [1.165, 1.54) is 31.4 Å². The number of nitrogens with one attached hydrogen (secondary N) is 1. The molecule has 0 saturated carbocycles. The molecule has 0 bridgehead atoms. The minimum absolute atomic E-state index is 0.151. The number of hydrogen-bond donors (Lipinski definition) is 1. The lowest BCUT2D eigenvalue weighted by Gasteiger charge is -2.10. The maximum Gasteiger partial charge on any atom is 0.341 e. The fourth-order valence-corrected chi connectivity index (χ4v) is 4.56. The van der Waals surface area contributed by atoms with E-state index in [9.17, 15) is 18.0 Å². The van der Waals surface area contributed by atoms with Crippen molar-refractivity contribution in [3.05, 3.63) is 64.5 Å². The number of amides is 1. The summed E-state index contributed by atoms with van der Waals surface area (Å²) < 4.78 is 33.3. The molecule has 0 fully saturated rings. The second kappa shape index (κ2) is 9.51. The van der Waals surface area contributed by atoms with Gasteiger partial charge in [-0.15, -0.1) is 11.3 Å². The van der Waals surface area contributed by atoms with E-state index in [-0.39, 0.29) is 17.1 Å². The molecule has 0 spiro atoms. The summed E-state index contributed by atoms with van der Waals surface area (Å²) in [4.78, 5) is 24.9. The molecule has 1 aromatic heterocycles. The summed E-state index contributed by atoms with van der Waals surface area (Å²) in [6, 6.07) is 12.8. The van der Waals surface area contributed by atoms with Gasteiger partial charge < -0.3 is 14.8 Å². The van der Waals surface area contributed by atoms with Crippen LogP contribution in [-0.2, 0) is 19.4 Å². The third-order valence-corrected chi connectivity index (χ3v) is 6.57. The van der Waals surface area contributed by atoms with Crippen LogP contribution in [0.2, 0.25) is 5.02 Å². The molecule has 10 heteroatoms. The quantitative estimate of drug-likeness (QED) is 0.508. The van der Waals surface area contributed by atoms with E-state index in [4.69, 9.17) is 21.1 Å². The summed E-state index contributed by atoms with van der Waals surface area (Å²) in [6.45, 7) is -0.335. The SMILES string of the molecule is COC(=O)c1c(-c2ccccc2Cl)csc1NC(=O)COc1ccc(S(C)(=O)=O)cc1. The molecule has 0 radical (unpaired) electrons. The number of anilines is 1. The topological polar surface area (TPSA) is 98.8 Å². The first kappa shape index (κ1) is 22.8. The molecule has 162 valence electrons. The number of methoxy groups -OCH3 is 1. The van der Waals surface area contributed by atoms with E-state index in [1.54, 1.807) is 29.6 Å². The molecule has 0 aliphatic rings. The van der Waals surface area contributed by atoms with E-state index in [0.717, 1.165) is 17.6 Å². The summed E-state index contributed by atoms with van der Waals surface area (Å²) in [5.41, 5.74) is 1.39. The molecule has 1 amide bonds. The largest absolute Gasteiger partial charge is 0.484 e. The maximum atomic E-state index is 12.4. The van der Waals surface area contributed by atoms with Crippen molar-refractivity contribution < 1.29 is 27.5 Å². The van der Waals surface area contributed by atoms with Crippen molar-refractivity contribution in [2.45, 2.75) is 4.90 Å². The predicted molar refractivity (Wildman–Crippen MR) is 120 cm³/mol. The molecule has 1 N–H and O–H groups in total. The number of sulfone groups is 1. The summed E-state index contributed by atoms with van der Waals surface area (Å²) in [6.07, 6.45) is 1.10. The van der Waals surface area contributed by atoms with Gasteiger partial charge in [-0.25, -0.2) is 13.2 Å². The summed E-state index contributed by atoms with van der Waals surface area (Å²) in [5.74, 6) is -0.771. The summed E-state index contributed by atoms with van der Waals surface area (Å²) >= 11 is 7.42. The Kier molecular flexibility index (Phi) is 6.99. The fourth-order valence-electron chi connectivity index (χ4n) is 2.73. The number of thiophene rings is 1. The highest BCUT2D eigenvalue weighted by atomic mass is 35.5. The highest BCUT2D eigenvalue weighted by Gasteiger charge is 2.23. The van der Waals surface area contributed by atoms with Crippen molar-refractivity contribution in [2.24, 2.45) is 0 Å². The number of ether oxygens (including phenoxy) is 2. The second-order valence-corrected chi connectivity index (χ2v) is 9.71. The molecule has 0 saturated heterocycles. The molecule has 3 aromatic rings. The summed E-state index contributed by atoms with van der Waals surface area (Å²) in [7, 11) is -2.06. The van der Waals surface area contributed by atoms with Gasteiger partial charge in [-0.05, 0) is 30.3 Å². The zero-order valence-electron chi connectivity index (χ0n) is 16.5. The van der Waals surface area contributed by atoms with Gasteiger partial charge in [0.1, 0.15) is 16.3 Å². The van der Waals surface area contributed by atoms with Crippen LogP contribution >= 0.6 is 22.9 Å². The number of rotatable bonds is 7. The molecule has 7 nitrogen and oxygen atoms in total. The number of benzene rings is 2. The highest BCUT2D eigenvalue weighted by molar-refractivity contribution is 7.90. The average Bonchev–Trinajstić information content (AvgIpc) is 3.14. The Morgan fingerprint density at radius 2 is 1.74 bits per heavy atom. The van der Waals surface area contributed by atoms with Gasteiger partial charge in [-0.1, -0.05) is 29.8 Å². The van der Waals surface area contributed by atoms with Crippen LogP contribution in [0.5, 0.6) is 5.75 Å². The Morgan fingerprint density at radius 3 is 2.35 bits per heavy atom. The number of carbonyl (C=O) groups is 2. The molecule has 0 aliphatic heterocycles. The Labute approximate surface area is 188 Å². The first-order chi connectivity index (χ1) is 14.7. The first-order valence-corrected chi connectivity index (χ1v) is 12.0.